The van der Waals surface area contributed by atoms with E-state index in [1.807, 2.05) is 26.0 Å². The van der Waals surface area contributed by atoms with Crippen molar-refractivity contribution in [2.24, 2.45) is 0 Å². The topological polar surface area (TPSA) is 70.6 Å². The van der Waals surface area contributed by atoms with E-state index >= 15 is 0 Å². The van der Waals surface area contributed by atoms with Gasteiger partial charge in [0.2, 0.25) is 10.0 Å². The number of benzene rings is 1. The van der Waals surface area contributed by atoms with Crippen LogP contribution in [0, 0.1) is 0 Å². The Morgan fingerprint density at radius 2 is 1.81 bits per heavy atom. The van der Waals surface area contributed by atoms with E-state index in [2.05, 4.69) is 4.98 Å². The van der Waals surface area contributed by atoms with Gasteiger partial charge in [-0.15, -0.1) is 0 Å². The Labute approximate surface area is 161 Å². The molecule has 0 unspecified atom stereocenters. The molecule has 0 spiro atoms. The molecule has 27 heavy (non-hydrogen) atoms. The van der Waals surface area contributed by atoms with Crippen molar-refractivity contribution in [2.45, 2.75) is 45.2 Å². The molecule has 1 amide bonds. The summed E-state index contributed by atoms with van der Waals surface area (Å²) in [6.07, 6.45) is 3.41. The maximum Gasteiger partial charge on any atom is 0.254 e. The minimum atomic E-state index is -3.61. The van der Waals surface area contributed by atoms with Crippen LogP contribution < -0.4 is 0 Å². The summed E-state index contributed by atoms with van der Waals surface area (Å²) in [6, 6.07) is 9.97. The molecule has 146 valence electrons. The third kappa shape index (κ3) is 4.93. The zero-order chi connectivity index (χ0) is 20.0. The number of amides is 1. The molecule has 0 saturated carbocycles. The van der Waals surface area contributed by atoms with Crippen molar-refractivity contribution in [3.05, 3.63) is 59.9 Å². The number of carbonyl (C=O) groups is 1. The first-order chi connectivity index (χ1) is 12.8. The number of hydrogen-bond acceptors (Lipinski definition) is 4. The van der Waals surface area contributed by atoms with Crippen molar-refractivity contribution in [1.29, 1.82) is 0 Å². The second-order valence-corrected chi connectivity index (χ2v) is 8.44. The smallest absolute Gasteiger partial charge is 0.254 e. The standard InChI is InChI=1S/C20H27N3O3S/c1-5-22(6-2)27(25,26)19-11-7-10-18(13-19)20(24)23(16(3)4)15-17-9-8-12-21-14-17/h7-14,16H,5-6,15H2,1-4H3. The quantitative estimate of drug-likeness (QED) is 0.695. The largest absolute Gasteiger partial charge is 0.332 e. The number of sulfonamides is 1. The molecule has 7 heteroatoms. The highest BCUT2D eigenvalue weighted by molar-refractivity contribution is 7.89. The summed E-state index contributed by atoms with van der Waals surface area (Å²) in [7, 11) is -3.61. The Bertz CT molecular complexity index is 863. The molecule has 0 aliphatic heterocycles. The summed E-state index contributed by atoms with van der Waals surface area (Å²) in [6.45, 7) is 8.65. The fourth-order valence-electron chi connectivity index (χ4n) is 2.85. The van der Waals surface area contributed by atoms with Gasteiger partial charge in [-0.3, -0.25) is 9.78 Å². The summed E-state index contributed by atoms with van der Waals surface area (Å²) in [5.74, 6) is -0.203. The third-order valence-electron chi connectivity index (χ3n) is 4.38. The Hall–Kier alpha value is -2.25. The number of hydrogen-bond donors (Lipinski definition) is 0. The van der Waals surface area contributed by atoms with Gasteiger partial charge < -0.3 is 4.90 Å². The summed E-state index contributed by atoms with van der Waals surface area (Å²) in [5, 5.41) is 0. The fourth-order valence-corrected chi connectivity index (χ4v) is 4.35. The number of aromatic nitrogens is 1. The van der Waals surface area contributed by atoms with Crippen LogP contribution in [-0.4, -0.2) is 47.6 Å². The molecule has 2 aromatic rings. The van der Waals surface area contributed by atoms with Crippen LogP contribution in [0.4, 0.5) is 0 Å². The van der Waals surface area contributed by atoms with E-state index < -0.39 is 10.0 Å². The van der Waals surface area contributed by atoms with Gasteiger partial charge in [0, 0.05) is 43.6 Å². The van der Waals surface area contributed by atoms with Crippen molar-refractivity contribution in [3.63, 3.8) is 0 Å². The van der Waals surface area contributed by atoms with Crippen molar-refractivity contribution < 1.29 is 13.2 Å². The van der Waals surface area contributed by atoms with Crippen LogP contribution in [0.1, 0.15) is 43.6 Å². The van der Waals surface area contributed by atoms with E-state index in [4.69, 9.17) is 0 Å². The average molecular weight is 390 g/mol. The van der Waals surface area contributed by atoms with E-state index in [9.17, 15) is 13.2 Å². The van der Waals surface area contributed by atoms with Crippen molar-refractivity contribution in [3.8, 4) is 0 Å². The maximum atomic E-state index is 13.1. The Balaban J connectivity index is 2.34. The molecular weight excluding hydrogens is 362 g/mol. The molecule has 1 heterocycles. The first-order valence-corrected chi connectivity index (χ1v) is 10.5. The average Bonchev–Trinajstić information content (AvgIpc) is 2.67. The molecule has 0 aliphatic rings. The van der Waals surface area contributed by atoms with E-state index in [1.54, 1.807) is 43.3 Å². The minimum Gasteiger partial charge on any atom is -0.332 e. The highest BCUT2D eigenvalue weighted by atomic mass is 32.2. The predicted molar refractivity (Wildman–Crippen MR) is 106 cm³/mol. The lowest BCUT2D eigenvalue weighted by Gasteiger charge is -2.27. The molecule has 0 radical (unpaired) electrons. The number of nitrogens with zero attached hydrogens (tertiary/aromatic N) is 3. The van der Waals surface area contributed by atoms with E-state index in [0.717, 1.165) is 5.56 Å². The summed E-state index contributed by atoms with van der Waals surface area (Å²) >= 11 is 0. The summed E-state index contributed by atoms with van der Waals surface area (Å²) in [4.78, 5) is 19.0. The lowest BCUT2D eigenvalue weighted by Crippen LogP contribution is -2.36. The molecular formula is C20H27N3O3S. The fraction of sp³-hybridized carbons (Fsp3) is 0.400. The van der Waals surface area contributed by atoms with Crippen molar-refractivity contribution in [1.82, 2.24) is 14.2 Å². The first-order valence-electron chi connectivity index (χ1n) is 9.11. The van der Waals surface area contributed by atoms with Gasteiger partial charge >= 0.3 is 0 Å². The molecule has 0 aliphatic carbocycles. The van der Waals surface area contributed by atoms with E-state index in [0.29, 0.717) is 25.2 Å². The van der Waals surface area contributed by atoms with Gasteiger partial charge in [0.1, 0.15) is 0 Å². The number of carbonyl (C=O) groups excluding carboxylic acids is 1. The highest BCUT2D eigenvalue weighted by Gasteiger charge is 2.24. The summed E-state index contributed by atoms with van der Waals surface area (Å²) in [5.41, 5.74) is 1.28. The molecule has 2 rings (SSSR count). The van der Waals surface area contributed by atoms with E-state index in [-0.39, 0.29) is 16.8 Å². The second-order valence-electron chi connectivity index (χ2n) is 6.51. The van der Waals surface area contributed by atoms with Crippen LogP contribution in [0.15, 0.2) is 53.7 Å². The second kappa shape index (κ2) is 9.10. The molecule has 6 nitrogen and oxygen atoms in total. The summed E-state index contributed by atoms with van der Waals surface area (Å²) < 4.78 is 26.9. The molecule has 0 fully saturated rings. The van der Waals surface area contributed by atoms with Crippen LogP contribution in [0.25, 0.3) is 0 Å². The highest BCUT2D eigenvalue weighted by Crippen LogP contribution is 2.19. The van der Waals surface area contributed by atoms with Crippen LogP contribution in [0.2, 0.25) is 0 Å². The zero-order valence-corrected chi connectivity index (χ0v) is 17.1. The predicted octanol–water partition coefficient (Wildman–Crippen LogP) is 3.16. The normalized spacial score (nSPS) is 11.8. The molecule has 0 bridgehead atoms. The molecule has 0 saturated heterocycles. The van der Waals surface area contributed by atoms with Gasteiger partial charge in [-0.1, -0.05) is 26.0 Å². The number of rotatable bonds is 8. The Kier molecular flexibility index (Phi) is 7.10. The van der Waals surface area contributed by atoms with Crippen molar-refractivity contribution in [2.75, 3.05) is 13.1 Å². The SMILES string of the molecule is CCN(CC)S(=O)(=O)c1cccc(C(=O)N(Cc2cccnc2)C(C)C)c1. The van der Waals surface area contributed by atoms with Gasteiger partial charge in [0.15, 0.2) is 0 Å². The van der Waals surface area contributed by atoms with Gasteiger partial charge in [-0.2, -0.15) is 4.31 Å². The number of pyridine rings is 1. The van der Waals surface area contributed by atoms with Gasteiger partial charge in [0.05, 0.1) is 4.90 Å². The zero-order valence-electron chi connectivity index (χ0n) is 16.3. The maximum absolute atomic E-state index is 13.1. The Morgan fingerprint density at radius 3 is 2.37 bits per heavy atom. The molecule has 1 aromatic carbocycles. The van der Waals surface area contributed by atoms with Crippen LogP contribution >= 0.6 is 0 Å². The Morgan fingerprint density at radius 1 is 1.11 bits per heavy atom. The lowest BCUT2D eigenvalue weighted by molar-refractivity contribution is 0.0690. The molecule has 0 N–H and O–H groups in total. The minimum absolute atomic E-state index is 0.0410. The molecule has 1 aromatic heterocycles. The lowest BCUT2D eigenvalue weighted by atomic mass is 10.1. The monoisotopic (exact) mass is 389 g/mol. The van der Waals surface area contributed by atoms with Crippen LogP contribution in [-0.2, 0) is 16.6 Å². The third-order valence-corrected chi connectivity index (χ3v) is 6.43. The molecule has 0 atom stereocenters. The van der Waals surface area contributed by atoms with Crippen molar-refractivity contribution >= 4 is 15.9 Å². The van der Waals surface area contributed by atoms with Crippen LogP contribution in [0.5, 0.6) is 0 Å². The van der Waals surface area contributed by atoms with Crippen LogP contribution in [0.3, 0.4) is 0 Å². The van der Waals surface area contributed by atoms with Gasteiger partial charge in [-0.05, 0) is 43.7 Å². The van der Waals surface area contributed by atoms with E-state index in [1.165, 1.54) is 16.4 Å². The van der Waals surface area contributed by atoms with Gasteiger partial charge in [0.25, 0.3) is 5.91 Å². The first kappa shape index (κ1) is 21.1. The van der Waals surface area contributed by atoms with Gasteiger partial charge in [-0.25, -0.2) is 8.42 Å².